The van der Waals surface area contributed by atoms with E-state index in [0.717, 1.165) is 0 Å². The normalized spacial score (nSPS) is 19.6. The molecular formula is C11H25NO. The van der Waals surface area contributed by atoms with E-state index < -0.39 is 0 Å². The summed E-state index contributed by atoms with van der Waals surface area (Å²) < 4.78 is 0. The minimum Gasteiger partial charge on any atom is -0.396 e. The molecule has 0 aromatic heterocycles. The Kier molecular flexibility index (Phi) is 4.93. The zero-order chi connectivity index (χ0) is 10.6. The van der Waals surface area contributed by atoms with Crippen LogP contribution >= 0.6 is 0 Å². The molecule has 0 saturated carbocycles. The molecule has 0 spiro atoms. The lowest BCUT2D eigenvalue weighted by atomic mass is 9.87. The van der Waals surface area contributed by atoms with Gasteiger partial charge in [0, 0.05) is 18.7 Å². The van der Waals surface area contributed by atoms with Gasteiger partial charge in [-0.3, -0.25) is 0 Å². The summed E-state index contributed by atoms with van der Waals surface area (Å²) in [6, 6.07) is 0.843. The second-order valence-corrected chi connectivity index (χ2v) is 5.20. The number of hydrogen-bond acceptors (Lipinski definition) is 2. The Bertz CT molecular complexity index is 140. The van der Waals surface area contributed by atoms with Crippen LogP contribution in [0.5, 0.6) is 0 Å². The summed E-state index contributed by atoms with van der Waals surface area (Å²) >= 11 is 0. The van der Waals surface area contributed by atoms with E-state index in [9.17, 15) is 0 Å². The second kappa shape index (κ2) is 4.97. The third-order valence-corrected chi connectivity index (χ3v) is 2.95. The van der Waals surface area contributed by atoms with E-state index in [4.69, 9.17) is 5.11 Å². The first-order valence-electron chi connectivity index (χ1n) is 5.16. The van der Waals surface area contributed by atoms with Gasteiger partial charge in [-0.15, -0.1) is 0 Å². The maximum absolute atomic E-state index is 8.98. The molecule has 0 amide bonds. The van der Waals surface area contributed by atoms with Gasteiger partial charge < -0.3 is 10.4 Å². The lowest BCUT2D eigenvalue weighted by Crippen LogP contribution is -2.45. The van der Waals surface area contributed by atoms with Crippen molar-refractivity contribution in [3.63, 3.8) is 0 Å². The van der Waals surface area contributed by atoms with Crippen molar-refractivity contribution in [3.8, 4) is 0 Å². The first-order chi connectivity index (χ1) is 5.79. The fraction of sp³-hybridized carbons (Fsp3) is 1.00. The summed E-state index contributed by atoms with van der Waals surface area (Å²) in [6.07, 6.45) is 0. The van der Waals surface area contributed by atoms with E-state index in [1.165, 1.54) is 0 Å². The van der Waals surface area contributed by atoms with Crippen LogP contribution < -0.4 is 5.32 Å². The van der Waals surface area contributed by atoms with E-state index in [-0.39, 0.29) is 12.0 Å². The topological polar surface area (TPSA) is 32.3 Å². The quantitative estimate of drug-likeness (QED) is 0.706. The molecule has 2 nitrogen and oxygen atoms in total. The van der Waals surface area contributed by atoms with E-state index in [1.807, 2.05) is 0 Å². The number of aliphatic hydroxyl groups excluding tert-OH is 1. The average molecular weight is 187 g/mol. The molecule has 0 fully saturated rings. The van der Waals surface area contributed by atoms with Gasteiger partial charge in [-0.2, -0.15) is 0 Å². The molecule has 0 aliphatic heterocycles. The van der Waals surface area contributed by atoms with Gasteiger partial charge in [0.15, 0.2) is 0 Å². The predicted octanol–water partition coefficient (Wildman–Crippen LogP) is 2.03. The average Bonchev–Trinajstić information content (AvgIpc) is 2.01. The van der Waals surface area contributed by atoms with Crippen molar-refractivity contribution >= 4 is 0 Å². The van der Waals surface area contributed by atoms with Crippen molar-refractivity contribution in [2.24, 2.45) is 11.3 Å². The van der Waals surface area contributed by atoms with Gasteiger partial charge in [-0.25, -0.2) is 0 Å². The Balaban J connectivity index is 3.98. The molecule has 0 aliphatic carbocycles. The number of nitrogens with one attached hydrogen (secondary N) is 1. The van der Waals surface area contributed by atoms with Crippen molar-refractivity contribution < 1.29 is 5.11 Å². The van der Waals surface area contributed by atoms with Crippen molar-refractivity contribution in [1.82, 2.24) is 5.32 Å². The van der Waals surface area contributed by atoms with Gasteiger partial charge in [0.2, 0.25) is 0 Å². The van der Waals surface area contributed by atoms with Gasteiger partial charge in [0.25, 0.3) is 0 Å². The van der Waals surface area contributed by atoms with E-state index in [2.05, 4.69) is 46.9 Å². The minimum absolute atomic E-state index is 0.255. The third-order valence-electron chi connectivity index (χ3n) is 2.95. The maximum atomic E-state index is 8.98. The molecule has 0 saturated heterocycles. The highest BCUT2D eigenvalue weighted by Gasteiger charge is 2.22. The summed E-state index contributed by atoms with van der Waals surface area (Å²) in [4.78, 5) is 0. The maximum Gasteiger partial charge on any atom is 0.0471 e. The molecule has 13 heavy (non-hydrogen) atoms. The van der Waals surface area contributed by atoms with Gasteiger partial charge in [-0.05, 0) is 25.2 Å². The molecule has 0 aromatic carbocycles. The Morgan fingerprint density at radius 1 is 1.15 bits per heavy atom. The van der Waals surface area contributed by atoms with Crippen LogP contribution in [0.2, 0.25) is 0 Å². The summed E-state index contributed by atoms with van der Waals surface area (Å²) in [5, 5.41) is 12.5. The molecule has 0 bridgehead atoms. The molecule has 3 atom stereocenters. The number of hydrogen-bond donors (Lipinski definition) is 2. The highest BCUT2D eigenvalue weighted by atomic mass is 16.3. The Morgan fingerprint density at radius 2 is 1.62 bits per heavy atom. The van der Waals surface area contributed by atoms with Crippen LogP contribution in [0.4, 0.5) is 0 Å². The van der Waals surface area contributed by atoms with Crippen LogP contribution in [0.25, 0.3) is 0 Å². The van der Waals surface area contributed by atoms with Gasteiger partial charge >= 0.3 is 0 Å². The fourth-order valence-corrected chi connectivity index (χ4v) is 0.967. The predicted molar refractivity (Wildman–Crippen MR) is 57.8 cm³/mol. The monoisotopic (exact) mass is 187 g/mol. The fourth-order valence-electron chi connectivity index (χ4n) is 0.967. The second-order valence-electron chi connectivity index (χ2n) is 5.20. The SMILES string of the molecule is CC(CO)C(C)NC(C)C(C)(C)C. The van der Waals surface area contributed by atoms with E-state index in [0.29, 0.717) is 18.0 Å². The molecule has 0 aromatic rings. The van der Waals surface area contributed by atoms with Crippen molar-refractivity contribution in [2.45, 2.75) is 53.6 Å². The van der Waals surface area contributed by atoms with Crippen LogP contribution in [0.3, 0.4) is 0 Å². The molecule has 0 aliphatic rings. The summed E-state index contributed by atoms with van der Waals surface area (Å²) in [6.45, 7) is 13.3. The number of aliphatic hydroxyl groups is 1. The largest absolute Gasteiger partial charge is 0.396 e. The Hall–Kier alpha value is -0.0800. The molecule has 2 heteroatoms. The summed E-state index contributed by atoms with van der Waals surface area (Å²) in [7, 11) is 0. The smallest absolute Gasteiger partial charge is 0.0471 e. The Labute approximate surface area is 82.7 Å². The lowest BCUT2D eigenvalue weighted by Gasteiger charge is -2.32. The Morgan fingerprint density at radius 3 is 1.92 bits per heavy atom. The molecular weight excluding hydrogens is 162 g/mol. The molecule has 0 radical (unpaired) electrons. The zero-order valence-electron chi connectivity index (χ0n) is 9.89. The molecule has 0 rings (SSSR count). The van der Waals surface area contributed by atoms with Crippen LogP contribution in [-0.2, 0) is 0 Å². The van der Waals surface area contributed by atoms with Gasteiger partial charge in [0.1, 0.15) is 0 Å². The van der Waals surface area contributed by atoms with Crippen molar-refractivity contribution in [2.75, 3.05) is 6.61 Å². The van der Waals surface area contributed by atoms with Crippen LogP contribution in [-0.4, -0.2) is 23.8 Å². The van der Waals surface area contributed by atoms with Gasteiger partial charge in [-0.1, -0.05) is 27.7 Å². The third kappa shape index (κ3) is 4.63. The minimum atomic E-state index is 0.255. The van der Waals surface area contributed by atoms with Crippen LogP contribution in [0.1, 0.15) is 41.5 Å². The lowest BCUT2D eigenvalue weighted by molar-refractivity contribution is 0.181. The molecule has 0 heterocycles. The van der Waals surface area contributed by atoms with E-state index in [1.54, 1.807) is 0 Å². The van der Waals surface area contributed by atoms with Crippen molar-refractivity contribution in [3.05, 3.63) is 0 Å². The van der Waals surface area contributed by atoms with Crippen LogP contribution in [0.15, 0.2) is 0 Å². The standard InChI is InChI=1S/C11H25NO/c1-8(7-13)9(2)12-10(3)11(4,5)6/h8-10,12-13H,7H2,1-6H3. The first kappa shape index (κ1) is 12.9. The highest BCUT2D eigenvalue weighted by molar-refractivity contribution is 4.80. The first-order valence-corrected chi connectivity index (χ1v) is 5.16. The van der Waals surface area contributed by atoms with Gasteiger partial charge in [0.05, 0.1) is 0 Å². The molecule has 3 unspecified atom stereocenters. The number of rotatable bonds is 4. The summed E-state index contributed by atoms with van der Waals surface area (Å²) in [5.74, 6) is 0.324. The summed E-state index contributed by atoms with van der Waals surface area (Å²) in [5.41, 5.74) is 0.281. The molecule has 80 valence electrons. The zero-order valence-corrected chi connectivity index (χ0v) is 9.89. The highest BCUT2D eigenvalue weighted by Crippen LogP contribution is 2.19. The molecule has 2 N–H and O–H groups in total. The van der Waals surface area contributed by atoms with E-state index >= 15 is 0 Å². The van der Waals surface area contributed by atoms with Crippen molar-refractivity contribution in [1.29, 1.82) is 0 Å². The van der Waals surface area contributed by atoms with Crippen LogP contribution in [0, 0.1) is 11.3 Å².